The van der Waals surface area contributed by atoms with Crippen LogP contribution in [0.1, 0.15) is 30.6 Å². The fourth-order valence-corrected chi connectivity index (χ4v) is 2.63. The van der Waals surface area contributed by atoms with E-state index in [1.54, 1.807) is 0 Å². The second kappa shape index (κ2) is 7.11. The van der Waals surface area contributed by atoms with E-state index in [-0.39, 0.29) is 0 Å². The van der Waals surface area contributed by atoms with Crippen molar-refractivity contribution in [3.05, 3.63) is 63.1 Å². The van der Waals surface area contributed by atoms with Gasteiger partial charge in [0.25, 0.3) is 0 Å². The molecule has 0 fully saturated rings. The van der Waals surface area contributed by atoms with Gasteiger partial charge in [-0.2, -0.15) is 0 Å². The standard InChI is InChI=1S/C16H16BrClO2/c1-2-15(19)13-5-3-4-6-16(13)20-10-11-7-8-12(17)9-14(11)18/h3-9,15,19H,2,10H2,1H3/t15-/m1/s1. The zero-order chi connectivity index (χ0) is 14.5. The number of hydrogen-bond acceptors (Lipinski definition) is 2. The van der Waals surface area contributed by atoms with E-state index in [0.717, 1.165) is 15.6 Å². The third-order valence-corrected chi connectivity index (χ3v) is 3.91. The lowest BCUT2D eigenvalue weighted by molar-refractivity contribution is 0.166. The van der Waals surface area contributed by atoms with Gasteiger partial charge >= 0.3 is 0 Å². The predicted octanol–water partition coefficient (Wildman–Crippen LogP) is 5.12. The van der Waals surface area contributed by atoms with E-state index in [2.05, 4.69) is 15.9 Å². The first-order valence-electron chi connectivity index (χ1n) is 6.45. The number of ether oxygens (including phenoxy) is 1. The Kier molecular flexibility index (Phi) is 5.46. The summed E-state index contributed by atoms with van der Waals surface area (Å²) in [6.45, 7) is 2.31. The summed E-state index contributed by atoms with van der Waals surface area (Å²) in [5.74, 6) is 0.695. The molecule has 2 rings (SSSR count). The largest absolute Gasteiger partial charge is 0.488 e. The van der Waals surface area contributed by atoms with Crippen LogP contribution in [0.5, 0.6) is 5.75 Å². The number of aliphatic hydroxyl groups is 1. The molecular formula is C16H16BrClO2. The molecular weight excluding hydrogens is 340 g/mol. The van der Waals surface area contributed by atoms with E-state index in [4.69, 9.17) is 16.3 Å². The highest BCUT2D eigenvalue weighted by molar-refractivity contribution is 9.10. The van der Waals surface area contributed by atoms with Crippen LogP contribution in [-0.4, -0.2) is 5.11 Å². The summed E-state index contributed by atoms with van der Waals surface area (Å²) in [5.41, 5.74) is 1.72. The van der Waals surface area contributed by atoms with Crippen molar-refractivity contribution < 1.29 is 9.84 Å². The molecule has 0 radical (unpaired) electrons. The van der Waals surface area contributed by atoms with Crippen molar-refractivity contribution >= 4 is 27.5 Å². The molecule has 1 atom stereocenters. The van der Waals surface area contributed by atoms with Gasteiger partial charge in [-0.05, 0) is 24.6 Å². The molecule has 0 unspecified atom stereocenters. The monoisotopic (exact) mass is 354 g/mol. The molecule has 106 valence electrons. The highest BCUT2D eigenvalue weighted by atomic mass is 79.9. The van der Waals surface area contributed by atoms with Crippen LogP contribution in [0.15, 0.2) is 46.9 Å². The minimum absolute atomic E-state index is 0.375. The van der Waals surface area contributed by atoms with Crippen LogP contribution >= 0.6 is 27.5 Å². The first kappa shape index (κ1) is 15.4. The van der Waals surface area contributed by atoms with E-state index in [0.29, 0.717) is 23.8 Å². The van der Waals surface area contributed by atoms with Crippen LogP contribution in [0.25, 0.3) is 0 Å². The average Bonchev–Trinajstić information content (AvgIpc) is 2.46. The Bertz CT molecular complexity index is 586. The molecule has 0 saturated heterocycles. The summed E-state index contributed by atoms with van der Waals surface area (Å²) < 4.78 is 6.75. The lowest BCUT2D eigenvalue weighted by Gasteiger charge is -2.15. The summed E-state index contributed by atoms with van der Waals surface area (Å²) in [5, 5.41) is 10.6. The van der Waals surface area contributed by atoms with Crippen molar-refractivity contribution in [3.63, 3.8) is 0 Å². The maximum atomic E-state index is 9.99. The maximum absolute atomic E-state index is 9.99. The number of para-hydroxylation sites is 1. The van der Waals surface area contributed by atoms with Gasteiger partial charge in [-0.3, -0.25) is 0 Å². The molecule has 0 amide bonds. The Hall–Kier alpha value is -1.03. The van der Waals surface area contributed by atoms with Crippen molar-refractivity contribution in [2.24, 2.45) is 0 Å². The Morgan fingerprint density at radius 3 is 2.70 bits per heavy atom. The Morgan fingerprint density at radius 2 is 2.00 bits per heavy atom. The van der Waals surface area contributed by atoms with Gasteiger partial charge in [0.05, 0.1) is 6.10 Å². The Balaban J connectivity index is 2.15. The molecule has 2 nitrogen and oxygen atoms in total. The lowest BCUT2D eigenvalue weighted by Crippen LogP contribution is -2.02. The molecule has 0 aromatic heterocycles. The number of hydrogen-bond donors (Lipinski definition) is 1. The normalized spacial score (nSPS) is 12.2. The van der Waals surface area contributed by atoms with Crippen LogP contribution in [0.2, 0.25) is 5.02 Å². The fourth-order valence-electron chi connectivity index (χ4n) is 1.90. The van der Waals surface area contributed by atoms with Crippen LogP contribution in [0, 0.1) is 0 Å². The molecule has 0 bridgehead atoms. The van der Waals surface area contributed by atoms with Gasteiger partial charge in [0.2, 0.25) is 0 Å². The molecule has 1 N–H and O–H groups in total. The lowest BCUT2D eigenvalue weighted by atomic mass is 10.1. The van der Waals surface area contributed by atoms with Gasteiger partial charge in [0, 0.05) is 20.6 Å². The molecule has 2 aromatic carbocycles. The van der Waals surface area contributed by atoms with Crippen LogP contribution in [0.3, 0.4) is 0 Å². The summed E-state index contributed by atoms with van der Waals surface area (Å²) in [4.78, 5) is 0. The van der Waals surface area contributed by atoms with Gasteiger partial charge in [0.1, 0.15) is 12.4 Å². The van der Waals surface area contributed by atoms with Crippen molar-refractivity contribution in [3.8, 4) is 5.75 Å². The average molecular weight is 356 g/mol. The van der Waals surface area contributed by atoms with E-state index in [1.807, 2.05) is 49.4 Å². The van der Waals surface area contributed by atoms with Crippen LogP contribution in [0.4, 0.5) is 0 Å². The van der Waals surface area contributed by atoms with E-state index < -0.39 is 6.10 Å². The molecule has 0 saturated carbocycles. The van der Waals surface area contributed by atoms with Crippen molar-refractivity contribution in [2.45, 2.75) is 26.1 Å². The minimum atomic E-state index is -0.508. The topological polar surface area (TPSA) is 29.5 Å². The fraction of sp³-hybridized carbons (Fsp3) is 0.250. The number of halogens is 2. The van der Waals surface area contributed by atoms with Crippen molar-refractivity contribution in [2.75, 3.05) is 0 Å². The second-order valence-corrected chi connectivity index (χ2v) is 5.81. The van der Waals surface area contributed by atoms with Gasteiger partial charge in [-0.25, -0.2) is 0 Å². The molecule has 20 heavy (non-hydrogen) atoms. The van der Waals surface area contributed by atoms with E-state index >= 15 is 0 Å². The highest BCUT2D eigenvalue weighted by Gasteiger charge is 2.11. The molecule has 4 heteroatoms. The Morgan fingerprint density at radius 1 is 1.25 bits per heavy atom. The zero-order valence-electron chi connectivity index (χ0n) is 11.1. The molecule has 0 aliphatic heterocycles. The number of rotatable bonds is 5. The molecule has 2 aromatic rings. The smallest absolute Gasteiger partial charge is 0.125 e. The summed E-state index contributed by atoms with van der Waals surface area (Å²) in [6, 6.07) is 13.2. The highest BCUT2D eigenvalue weighted by Crippen LogP contribution is 2.29. The van der Waals surface area contributed by atoms with Gasteiger partial charge in [-0.15, -0.1) is 0 Å². The number of benzene rings is 2. The van der Waals surface area contributed by atoms with Crippen molar-refractivity contribution in [1.29, 1.82) is 0 Å². The van der Waals surface area contributed by atoms with E-state index in [9.17, 15) is 5.11 Å². The molecule has 0 aliphatic carbocycles. The van der Waals surface area contributed by atoms with Gasteiger partial charge in [-0.1, -0.05) is 58.7 Å². The third kappa shape index (κ3) is 3.75. The SMILES string of the molecule is CC[C@@H](O)c1ccccc1OCc1ccc(Br)cc1Cl. The summed E-state index contributed by atoms with van der Waals surface area (Å²) in [7, 11) is 0. The van der Waals surface area contributed by atoms with Gasteiger partial charge < -0.3 is 9.84 Å². The minimum Gasteiger partial charge on any atom is -0.488 e. The molecule has 0 spiro atoms. The third-order valence-electron chi connectivity index (χ3n) is 3.06. The Labute approximate surface area is 132 Å². The second-order valence-electron chi connectivity index (χ2n) is 4.49. The summed E-state index contributed by atoms with van der Waals surface area (Å²) >= 11 is 9.54. The first-order chi connectivity index (χ1) is 9.61. The van der Waals surface area contributed by atoms with E-state index in [1.165, 1.54) is 0 Å². The molecule has 0 aliphatic rings. The summed E-state index contributed by atoms with van der Waals surface area (Å²) in [6.07, 6.45) is 0.144. The van der Waals surface area contributed by atoms with Crippen LogP contribution in [-0.2, 0) is 6.61 Å². The first-order valence-corrected chi connectivity index (χ1v) is 7.62. The van der Waals surface area contributed by atoms with Crippen LogP contribution < -0.4 is 4.74 Å². The quantitative estimate of drug-likeness (QED) is 0.806. The zero-order valence-corrected chi connectivity index (χ0v) is 13.5. The number of aliphatic hydroxyl groups excluding tert-OH is 1. The predicted molar refractivity (Wildman–Crippen MR) is 85.2 cm³/mol. The van der Waals surface area contributed by atoms with Crippen molar-refractivity contribution in [1.82, 2.24) is 0 Å². The van der Waals surface area contributed by atoms with Gasteiger partial charge in [0.15, 0.2) is 0 Å². The maximum Gasteiger partial charge on any atom is 0.125 e. The molecule has 0 heterocycles.